The van der Waals surface area contributed by atoms with Crippen LogP contribution in [0.15, 0.2) is 65.5 Å². The van der Waals surface area contributed by atoms with Crippen molar-refractivity contribution in [3.05, 3.63) is 71.1 Å². The number of amides is 2. The fraction of sp³-hybridized carbons (Fsp3) is 0.200. The van der Waals surface area contributed by atoms with Crippen LogP contribution < -0.4 is 15.8 Å². The minimum Gasteiger partial charge on any atom is -0.410 e. The maximum absolute atomic E-state index is 12.9. The van der Waals surface area contributed by atoms with E-state index < -0.39 is 6.09 Å². The van der Waals surface area contributed by atoms with Crippen LogP contribution >= 0.6 is 15.9 Å². The molecule has 3 N–H and O–H groups in total. The summed E-state index contributed by atoms with van der Waals surface area (Å²) in [6, 6.07) is 12.9. The Balaban J connectivity index is 1.22. The number of carbonyl (C=O) groups excluding carboxylic acids is 2. The van der Waals surface area contributed by atoms with Gasteiger partial charge in [-0.05, 0) is 47.5 Å². The van der Waals surface area contributed by atoms with Gasteiger partial charge >= 0.3 is 6.09 Å². The highest BCUT2D eigenvalue weighted by Crippen LogP contribution is 2.25. The van der Waals surface area contributed by atoms with E-state index in [2.05, 4.69) is 31.3 Å². The predicted octanol–water partition coefficient (Wildman–Crippen LogP) is 3.98. The largest absolute Gasteiger partial charge is 0.415 e. The first-order valence-corrected chi connectivity index (χ1v) is 11.9. The van der Waals surface area contributed by atoms with Gasteiger partial charge in [-0.2, -0.15) is 5.10 Å². The average Bonchev–Trinajstić information content (AvgIpc) is 3.48. The minimum atomic E-state index is -0.446. The van der Waals surface area contributed by atoms with Gasteiger partial charge in [0.2, 0.25) is 0 Å². The van der Waals surface area contributed by atoms with E-state index in [1.807, 2.05) is 43.6 Å². The first-order valence-electron chi connectivity index (χ1n) is 11.1. The monoisotopic (exact) mass is 534 g/mol. The normalized spacial score (nSPS) is 15.4. The topological polar surface area (TPSA) is 115 Å². The molecule has 1 aliphatic rings. The Morgan fingerprint density at radius 2 is 1.91 bits per heavy atom. The number of nitrogens with zero attached hydrogens (tertiary/aromatic N) is 4. The maximum Gasteiger partial charge on any atom is 0.415 e. The van der Waals surface area contributed by atoms with Crippen LogP contribution in [0.4, 0.5) is 10.6 Å². The summed E-state index contributed by atoms with van der Waals surface area (Å²) in [7, 11) is 1.82. The first-order chi connectivity index (χ1) is 16.9. The van der Waals surface area contributed by atoms with Crippen LogP contribution in [0.3, 0.4) is 0 Å². The third-order valence-corrected chi connectivity index (χ3v) is 6.46. The Morgan fingerprint density at radius 1 is 1.11 bits per heavy atom. The lowest BCUT2D eigenvalue weighted by Crippen LogP contribution is -2.39. The Morgan fingerprint density at radius 3 is 2.71 bits per heavy atom. The molecule has 35 heavy (non-hydrogen) atoms. The highest BCUT2D eigenvalue weighted by atomic mass is 79.9. The number of nitrogens with one attached hydrogen (secondary N) is 1. The molecule has 178 valence electrons. The molecule has 0 radical (unpaired) electrons. The van der Waals surface area contributed by atoms with Gasteiger partial charge in [-0.15, -0.1) is 0 Å². The van der Waals surface area contributed by atoms with Crippen LogP contribution in [0.1, 0.15) is 16.8 Å². The number of carbonyl (C=O) groups is 2. The van der Waals surface area contributed by atoms with Crippen LogP contribution in [-0.2, 0) is 7.05 Å². The summed E-state index contributed by atoms with van der Waals surface area (Å²) in [6.07, 6.45) is 5.32. The molecule has 0 saturated carbocycles. The number of anilines is 1. The van der Waals surface area contributed by atoms with Gasteiger partial charge in [-0.3, -0.25) is 9.48 Å². The molecule has 3 heterocycles. The van der Waals surface area contributed by atoms with Gasteiger partial charge in [-0.25, -0.2) is 9.78 Å². The van der Waals surface area contributed by atoms with E-state index in [9.17, 15) is 9.59 Å². The molecule has 1 fully saturated rings. The number of likely N-dealkylation sites (tertiary alicyclic amines) is 1. The van der Waals surface area contributed by atoms with Gasteiger partial charge in [0.15, 0.2) is 0 Å². The van der Waals surface area contributed by atoms with Crippen molar-refractivity contribution in [1.82, 2.24) is 25.0 Å². The molecule has 0 aliphatic carbocycles. The molecule has 1 aliphatic heterocycles. The molecular weight excluding hydrogens is 512 g/mol. The van der Waals surface area contributed by atoms with E-state index in [4.69, 9.17) is 10.5 Å². The van der Waals surface area contributed by atoms with Crippen molar-refractivity contribution in [1.29, 1.82) is 0 Å². The van der Waals surface area contributed by atoms with Crippen LogP contribution in [0.5, 0.6) is 5.75 Å². The predicted molar refractivity (Wildman–Crippen MR) is 136 cm³/mol. The minimum absolute atomic E-state index is 0.146. The second kappa shape index (κ2) is 9.38. The third kappa shape index (κ3) is 4.97. The molecular formula is C25H23BrN6O3. The summed E-state index contributed by atoms with van der Waals surface area (Å²) in [6.45, 7) is 0.828. The van der Waals surface area contributed by atoms with Crippen molar-refractivity contribution in [2.45, 2.75) is 12.5 Å². The Hall–Kier alpha value is -3.92. The molecule has 2 aromatic carbocycles. The number of nitrogens with two attached hydrogens (primary N) is 1. The van der Waals surface area contributed by atoms with Crippen molar-refractivity contribution in [3.63, 3.8) is 0 Å². The van der Waals surface area contributed by atoms with E-state index in [0.29, 0.717) is 25.3 Å². The second-order valence-electron chi connectivity index (χ2n) is 8.49. The zero-order valence-electron chi connectivity index (χ0n) is 18.9. The molecule has 0 unspecified atom stereocenters. The lowest BCUT2D eigenvalue weighted by atomic mass is 10.1. The molecule has 4 aromatic rings. The van der Waals surface area contributed by atoms with Crippen LogP contribution in [0.25, 0.3) is 21.9 Å². The number of hydrogen-bond donors (Lipinski definition) is 2. The van der Waals surface area contributed by atoms with E-state index in [-0.39, 0.29) is 23.3 Å². The quantitative estimate of drug-likeness (QED) is 0.409. The smallest absolute Gasteiger partial charge is 0.410 e. The van der Waals surface area contributed by atoms with Crippen molar-refractivity contribution < 1.29 is 14.3 Å². The van der Waals surface area contributed by atoms with Gasteiger partial charge in [-0.1, -0.05) is 28.1 Å². The van der Waals surface area contributed by atoms with Gasteiger partial charge in [0.25, 0.3) is 5.91 Å². The van der Waals surface area contributed by atoms with Crippen LogP contribution in [0.2, 0.25) is 0 Å². The van der Waals surface area contributed by atoms with Crippen molar-refractivity contribution >= 4 is 44.5 Å². The summed E-state index contributed by atoms with van der Waals surface area (Å²) in [5.41, 5.74) is 7.85. The number of nitrogen functional groups attached to an aromatic ring is 1. The Bertz CT molecular complexity index is 1440. The number of halogens is 1. The number of aryl methyl sites for hydroxylation is 1. The number of aromatic nitrogens is 3. The third-order valence-electron chi connectivity index (χ3n) is 5.96. The summed E-state index contributed by atoms with van der Waals surface area (Å²) in [4.78, 5) is 31.4. The van der Waals surface area contributed by atoms with Gasteiger partial charge in [0.05, 0.1) is 11.8 Å². The highest BCUT2D eigenvalue weighted by Gasteiger charge is 2.29. The summed E-state index contributed by atoms with van der Waals surface area (Å²) in [5, 5.41) is 9.14. The standard InChI is InChI=1S/C25H23BrN6O3/c1-31-13-18(12-29-31)17-10-22(23(27)28-11-17)24(33)30-20-6-7-32(14-20)25(34)35-21-5-3-15-8-19(26)4-2-16(15)9-21/h2-5,8-13,20H,6-7,14H2,1H3,(H2,27,28)(H,30,33)/t20-/m1/s1. The van der Waals surface area contributed by atoms with Crippen LogP contribution in [0, 0.1) is 0 Å². The summed E-state index contributed by atoms with van der Waals surface area (Å²) in [5.74, 6) is 0.290. The molecule has 1 atom stereocenters. The van der Waals surface area contributed by atoms with Crippen molar-refractivity contribution in [3.8, 4) is 16.9 Å². The molecule has 2 amide bonds. The van der Waals surface area contributed by atoms with E-state index >= 15 is 0 Å². The van der Waals surface area contributed by atoms with Crippen molar-refractivity contribution in [2.24, 2.45) is 7.05 Å². The van der Waals surface area contributed by atoms with E-state index in [0.717, 1.165) is 26.4 Å². The molecule has 9 nitrogen and oxygen atoms in total. The fourth-order valence-corrected chi connectivity index (χ4v) is 4.49. The zero-order chi connectivity index (χ0) is 24.5. The van der Waals surface area contributed by atoms with E-state index in [1.54, 1.807) is 34.1 Å². The number of hydrogen-bond acceptors (Lipinski definition) is 6. The van der Waals surface area contributed by atoms with Gasteiger partial charge in [0, 0.05) is 54.2 Å². The highest BCUT2D eigenvalue weighted by molar-refractivity contribution is 9.10. The van der Waals surface area contributed by atoms with Gasteiger partial charge in [0.1, 0.15) is 11.6 Å². The van der Waals surface area contributed by atoms with E-state index in [1.165, 1.54) is 0 Å². The molecule has 5 rings (SSSR count). The lowest BCUT2D eigenvalue weighted by Gasteiger charge is -2.17. The number of ether oxygens (including phenoxy) is 1. The molecule has 10 heteroatoms. The van der Waals surface area contributed by atoms with Crippen molar-refractivity contribution in [2.75, 3.05) is 18.8 Å². The summed E-state index contributed by atoms with van der Waals surface area (Å²) < 4.78 is 8.25. The lowest BCUT2D eigenvalue weighted by molar-refractivity contribution is 0.0937. The van der Waals surface area contributed by atoms with Gasteiger partial charge < -0.3 is 20.7 Å². The zero-order valence-corrected chi connectivity index (χ0v) is 20.5. The molecule has 0 bridgehead atoms. The number of rotatable bonds is 4. The average molecular weight is 535 g/mol. The Labute approximate surface area is 210 Å². The fourth-order valence-electron chi connectivity index (χ4n) is 4.12. The maximum atomic E-state index is 12.9. The first kappa shape index (κ1) is 22.9. The van der Waals surface area contributed by atoms with Crippen LogP contribution in [-0.4, -0.2) is 50.8 Å². The number of pyridine rings is 1. The number of fused-ring (bicyclic) bond motifs is 1. The molecule has 0 spiro atoms. The Kier molecular flexibility index (Phi) is 6.12. The SMILES string of the molecule is Cn1cc(-c2cnc(N)c(C(=O)N[C@@H]3CCN(C(=O)Oc4ccc5cc(Br)ccc5c4)C3)c2)cn1. The molecule has 2 aromatic heterocycles. The summed E-state index contributed by atoms with van der Waals surface area (Å²) >= 11 is 3.46. The number of benzene rings is 2. The second-order valence-corrected chi connectivity index (χ2v) is 9.40. The molecule has 1 saturated heterocycles.